The highest BCUT2D eigenvalue weighted by molar-refractivity contribution is 5.93. The zero-order valence-corrected chi connectivity index (χ0v) is 15.9. The quantitative estimate of drug-likeness (QED) is 0.516. The molecule has 0 saturated heterocycles. The van der Waals surface area contributed by atoms with Crippen LogP contribution in [0.1, 0.15) is 24.2 Å². The van der Waals surface area contributed by atoms with E-state index in [4.69, 9.17) is 4.74 Å². The molecule has 0 aliphatic carbocycles. The van der Waals surface area contributed by atoms with Gasteiger partial charge in [-0.3, -0.25) is 9.78 Å². The summed E-state index contributed by atoms with van der Waals surface area (Å²) < 4.78 is 9.98. The summed E-state index contributed by atoms with van der Waals surface area (Å²) in [6.07, 6.45) is 7.43. The number of aromatic nitrogens is 6. The summed E-state index contributed by atoms with van der Waals surface area (Å²) in [6, 6.07) is 10.1. The first-order chi connectivity index (χ1) is 13.6. The molecule has 1 atom stereocenters. The Morgan fingerprint density at radius 2 is 2.04 bits per heavy atom. The molecule has 7 heteroatoms. The van der Waals surface area contributed by atoms with Gasteiger partial charge >= 0.3 is 0 Å². The molecule has 5 rings (SSSR count). The second-order valence-corrected chi connectivity index (χ2v) is 7.02. The van der Waals surface area contributed by atoms with Crippen molar-refractivity contribution in [3.8, 4) is 17.0 Å². The van der Waals surface area contributed by atoms with E-state index in [1.54, 1.807) is 4.68 Å². The summed E-state index contributed by atoms with van der Waals surface area (Å²) in [7, 11) is 1.90. The lowest BCUT2D eigenvalue weighted by Crippen LogP contribution is -2.07. The van der Waals surface area contributed by atoms with Crippen molar-refractivity contribution >= 4 is 16.4 Å². The minimum absolute atomic E-state index is 0.119. The molecule has 0 bridgehead atoms. The van der Waals surface area contributed by atoms with E-state index in [1.165, 1.54) is 5.56 Å². The summed E-state index contributed by atoms with van der Waals surface area (Å²) >= 11 is 0. The van der Waals surface area contributed by atoms with Gasteiger partial charge in [-0.15, -0.1) is 0 Å². The molecule has 4 heterocycles. The Labute approximate surface area is 161 Å². The van der Waals surface area contributed by atoms with Gasteiger partial charge in [0.25, 0.3) is 0 Å². The van der Waals surface area contributed by atoms with Crippen LogP contribution in [0.5, 0.6) is 5.75 Å². The third-order valence-electron chi connectivity index (χ3n) is 5.07. The van der Waals surface area contributed by atoms with Crippen LogP contribution in [0.2, 0.25) is 0 Å². The molecule has 0 radical (unpaired) electrons. The van der Waals surface area contributed by atoms with E-state index in [9.17, 15) is 0 Å². The fourth-order valence-corrected chi connectivity index (χ4v) is 3.74. The topological polar surface area (TPSA) is 73.0 Å². The number of aryl methyl sites for hydroxylation is 2. The SMILES string of the molecule is Cc1ccn2nccc2c1C(C)Oc1ccc2[nH]nc(-c3cnn(C)c3)c2c1. The summed E-state index contributed by atoms with van der Waals surface area (Å²) in [5.74, 6) is 0.799. The number of rotatable bonds is 4. The minimum Gasteiger partial charge on any atom is -0.486 e. The van der Waals surface area contributed by atoms with Crippen LogP contribution in [0.4, 0.5) is 0 Å². The highest BCUT2D eigenvalue weighted by Gasteiger charge is 2.16. The monoisotopic (exact) mass is 372 g/mol. The maximum atomic E-state index is 6.33. The number of H-pyrrole nitrogens is 1. The number of nitrogens with one attached hydrogen (secondary N) is 1. The average Bonchev–Trinajstić information content (AvgIpc) is 3.40. The van der Waals surface area contributed by atoms with E-state index in [0.29, 0.717) is 0 Å². The molecule has 0 saturated carbocycles. The second kappa shape index (κ2) is 6.23. The average molecular weight is 372 g/mol. The van der Waals surface area contributed by atoms with Gasteiger partial charge in [-0.1, -0.05) is 0 Å². The number of pyridine rings is 1. The fourth-order valence-electron chi connectivity index (χ4n) is 3.74. The molecule has 5 aromatic rings. The molecule has 1 unspecified atom stereocenters. The van der Waals surface area contributed by atoms with Crippen molar-refractivity contribution in [2.45, 2.75) is 20.0 Å². The lowest BCUT2D eigenvalue weighted by atomic mass is 10.0. The predicted molar refractivity (Wildman–Crippen MR) is 107 cm³/mol. The van der Waals surface area contributed by atoms with Gasteiger partial charge in [-0.25, -0.2) is 4.52 Å². The molecular formula is C21H20N6O. The molecule has 0 amide bonds. The van der Waals surface area contributed by atoms with Gasteiger partial charge < -0.3 is 4.74 Å². The van der Waals surface area contributed by atoms with Gasteiger partial charge in [0.15, 0.2) is 0 Å². The normalized spacial score (nSPS) is 12.7. The van der Waals surface area contributed by atoms with Crippen LogP contribution in [0.25, 0.3) is 27.7 Å². The lowest BCUT2D eigenvalue weighted by Gasteiger charge is -2.18. The number of ether oxygens (including phenoxy) is 1. The summed E-state index contributed by atoms with van der Waals surface area (Å²) in [4.78, 5) is 0. The van der Waals surface area contributed by atoms with Gasteiger partial charge in [0.1, 0.15) is 17.5 Å². The van der Waals surface area contributed by atoms with Gasteiger partial charge in [0.2, 0.25) is 0 Å². The van der Waals surface area contributed by atoms with Crippen LogP contribution in [0.3, 0.4) is 0 Å². The van der Waals surface area contributed by atoms with Gasteiger partial charge in [-0.05, 0) is 49.7 Å². The largest absolute Gasteiger partial charge is 0.486 e. The molecule has 1 N–H and O–H groups in total. The lowest BCUT2D eigenvalue weighted by molar-refractivity contribution is 0.227. The Balaban J connectivity index is 1.53. The number of hydrogen-bond donors (Lipinski definition) is 1. The highest BCUT2D eigenvalue weighted by atomic mass is 16.5. The van der Waals surface area contributed by atoms with E-state index >= 15 is 0 Å². The number of nitrogens with zero attached hydrogens (tertiary/aromatic N) is 5. The maximum absolute atomic E-state index is 6.33. The van der Waals surface area contributed by atoms with Crippen molar-refractivity contribution < 1.29 is 4.74 Å². The van der Waals surface area contributed by atoms with Crippen LogP contribution in [-0.4, -0.2) is 29.6 Å². The van der Waals surface area contributed by atoms with Crippen LogP contribution in [-0.2, 0) is 7.05 Å². The molecule has 28 heavy (non-hydrogen) atoms. The number of aromatic amines is 1. The summed E-state index contributed by atoms with van der Waals surface area (Å²) in [5.41, 5.74) is 6.19. The number of hydrogen-bond acceptors (Lipinski definition) is 4. The third kappa shape index (κ3) is 2.63. The Morgan fingerprint density at radius 1 is 1.14 bits per heavy atom. The number of fused-ring (bicyclic) bond motifs is 2. The van der Waals surface area contributed by atoms with E-state index in [-0.39, 0.29) is 6.10 Å². The zero-order chi connectivity index (χ0) is 19.3. The zero-order valence-electron chi connectivity index (χ0n) is 15.9. The van der Waals surface area contributed by atoms with Crippen molar-refractivity contribution in [1.82, 2.24) is 29.6 Å². The summed E-state index contributed by atoms with van der Waals surface area (Å²) in [5, 5.41) is 17.1. The van der Waals surface area contributed by atoms with Gasteiger partial charge in [0.05, 0.1) is 17.2 Å². The number of benzene rings is 1. The molecule has 0 aliphatic rings. The molecule has 0 fully saturated rings. The molecule has 140 valence electrons. The van der Waals surface area contributed by atoms with Crippen molar-refractivity contribution in [1.29, 1.82) is 0 Å². The highest BCUT2D eigenvalue weighted by Crippen LogP contribution is 2.32. The fraction of sp³-hybridized carbons (Fsp3) is 0.190. The Kier molecular flexibility index (Phi) is 3.68. The van der Waals surface area contributed by atoms with Crippen LogP contribution >= 0.6 is 0 Å². The third-order valence-corrected chi connectivity index (χ3v) is 5.07. The molecule has 1 aromatic carbocycles. The Morgan fingerprint density at radius 3 is 2.86 bits per heavy atom. The Bertz CT molecular complexity index is 1290. The van der Waals surface area contributed by atoms with Crippen LogP contribution < -0.4 is 4.74 Å². The predicted octanol–water partition coefficient (Wildman–Crippen LogP) is 4.06. The van der Waals surface area contributed by atoms with Crippen LogP contribution in [0, 0.1) is 6.92 Å². The van der Waals surface area contributed by atoms with E-state index in [1.807, 2.05) is 60.6 Å². The first kappa shape index (κ1) is 16.6. The molecule has 0 spiro atoms. The maximum Gasteiger partial charge on any atom is 0.123 e. The van der Waals surface area contributed by atoms with E-state index in [0.717, 1.165) is 39.0 Å². The van der Waals surface area contributed by atoms with E-state index in [2.05, 4.69) is 40.3 Å². The van der Waals surface area contributed by atoms with Crippen molar-refractivity contribution in [2.24, 2.45) is 7.05 Å². The van der Waals surface area contributed by atoms with Crippen molar-refractivity contribution in [3.05, 3.63) is 66.2 Å². The minimum atomic E-state index is -0.119. The smallest absolute Gasteiger partial charge is 0.123 e. The van der Waals surface area contributed by atoms with Gasteiger partial charge in [-0.2, -0.15) is 15.3 Å². The Hall–Kier alpha value is -3.61. The molecule has 7 nitrogen and oxygen atoms in total. The summed E-state index contributed by atoms with van der Waals surface area (Å²) in [6.45, 7) is 4.17. The first-order valence-corrected chi connectivity index (χ1v) is 9.17. The van der Waals surface area contributed by atoms with E-state index < -0.39 is 0 Å². The molecule has 0 aliphatic heterocycles. The standard InChI is InChI=1S/C21H20N6O/c1-13-7-9-27-19(6-8-22-27)20(13)14(2)28-16-4-5-18-17(10-16)21(25-24-18)15-11-23-26(3)12-15/h4-12,14H,1-3H3,(H,24,25). The van der Waals surface area contributed by atoms with Crippen LogP contribution in [0.15, 0.2) is 55.1 Å². The van der Waals surface area contributed by atoms with Crippen molar-refractivity contribution in [3.63, 3.8) is 0 Å². The molecular weight excluding hydrogens is 352 g/mol. The second-order valence-electron chi connectivity index (χ2n) is 7.02. The first-order valence-electron chi connectivity index (χ1n) is 9.17. The van der Waals surface area contributed by atoms with Gasteiger partial charge in [0, 0.05) is 42.2 Å². The molecule has 4 aromatic heterocycles. The van der Waals surface area contributed by atoms with Crippen molar-refractivity contribution in [2.75, 3.05) is 0 Å².